The lowest BCUT2D eigenvalue weighted by Crippen LogP contribution is -2.55. The first-order valence-electron chi connectivity index (χ1n) is 9.09. The number of aromatic nitrogens is 1. The first-order valence-corrected chi connectivity index (χ1v) is 10.6. The van der Waals surface area contributed by atoms with Crippen molar-refractivity contribution in [2.45, 2.75) is 49.6 Å². The maximum absolute atomic E-state index is 12.6. The number of amides is 2. The molecule has 1 aromatic heterocycles. The molecule has 1 fully saturated rings. The van der Waals surface area contributed by atoms with Crippen molar-refractivity contribution in [1.29, 1.82) is 0 Å². The molecule has 150 valence electrons. The number of benzene rings is 1. The van der Waals surface area contributed by atoms with Crippen LogP contribution in [0.1, 0.15) is 37.7 Å². The van der Waals surface area contributed by atoms with Crippen molar-refractivity contribution in [1.82, 2.24) is 10.3 Å². The van der Waals surface area contributed by atoms with Gasteiger partial charge in [0.15, 0.2) is 5.72 Å². The van der Waals surface area contributed by atoms with Crippen LogP contribution in [0, 0.1) is 6.92 Å². The van der Waals surface area contributed by atoms with Gasteiger partial charge < -0.3 is 10.1 Å². The molecule has 4 N–H and O–H groups in total. The highest BCUT2D eigenvalue weighted by Gasteiger charge is 2.36. The molecule has 1 saturated carbocycles. The molecular formula is C19H24N4O4S. The van der Waals surface area contributed by atoms with Gasteiger partial charge >= 0.3 is 6.03 Å². The van der Waals surface area contributed by atoms with Crippen molar-refractivity contribution in [3.05, 3.63) is 48.3 Å². The molecule has 9 heteroatoms. The average molecular weight is 404 g/mol. The molecule has 0 aliphatic heterocycles. The number of sulfonamides is 1. The van der Waals surface area contributed by atoms with Crippen LogP contribution in [0.4, 0.5) is 10.5 Å². The minimum atomic E-state index is -3.77. The van der Waals surface area contributed by atoms with Crippen LogP contribution in [-0.4, -0.2) is 25.2 Å². The molecule has 28 heavy (non-hydrogen) atoms. The van der Waals surface area contributed by atoms with Gasteiger partial charge in [0, 0.05) is 19.0 Å². The highest BCUT2D eigenvalue weighted by molar-refractivity contribution is 7.89. The van der Waals surface area contributed by atoms with E-state index in [9.17, 15) is 13.2 Å². The predicted molar refractivity (Wildman–Crippen MR) is 105 cm³/mol. The summed E-state index contributed by atoms with van der Waals surface area (Å²) in [6.07, 6.45) is 7.47. The van der Waals surface area contributed by atoms with Crippen molar-refractivity contribution >= 4 is 21.7 Å². The Bertz CT molecular complexity index is 939. The molecule has 1 heterocycles. The van der Waals surface area contributed by atoms with E-state index in [1.807, 2.05) is 13.0 Å². The van der Waals surface area contributed by atoms with Crippen molar-refractivity contribution in [3.8, 4) is 5.75 Å². The summed E-state index contributed by atoms with van der Waals surface area (Å²) in [5.41, 5.74) is 0.674. The van der Waals surface area contributed by atoms with E-state index in [4.69, 9.17) is 9.88 Å². The minimum absolute atomic E-state index is 0.00954. The van der Waals surface area contributed by atoms with Crippen molar-refractivity contribution in [2.24, 2.45) is 5.14 Å². The second-order valence-corrected chi connectivity index (χ2v) is 8.50. The summed E-state index contributed by atoms with van der Waals surface area (Å²) in [5, 5.41) is 10.9. The molecule has 2 amide bonds. The van der Waals surface area contributed by atoms with Crippen LogP contribution < -0.4 is 20.5 Å². The standard InChI is InChI=1S/C19H24N4O4S/c1-14-9-12-21-13-17(14)22-18(24)23-19(10-3-2-4-11-19)27-15-5-7-16(8-6-15)28(20,25)26/h5-9,12-13H,2-4,10-11H2,1H3,(H2,20,25,26)(H2,22,23,24). The zero-order valence-corrected chi connectivity index (χ0v) is 16.5. The summed E-state index contributed by atoms with van der Waals surface area (Å²) in [5.74, 6) is 0.465. The lowest BCUT2D eigenvalue weighted by molar-refractivity contribution is 0.00999. The van der Waals surface area contributed by atoms with Crippen LogP contribution in [-0.2, 0) is 10.0 Å². The van der Waals surface area contributed by atoms with Gasteiger partial charge in [-0.3, -0.25) is 10.3 Å². The van der Waals surface area contributed by atoms with Crippen LogP contribution in [0.25, 0.3) is 0 Å². The number of nitrogens with two attached hydrogens (primary N) is 1. The number of pyridine rings is 1. The zero-order chi connectivity index (χ0) is 20.2. The van der Waals surface area contributed by atoms with E-state index in [-0.39, 0.29) is 10.9 Å². The van der Waals surface area contributed by atoms with Crippen LogP contribution in [0.2, 0.25) is 0 Å². The van der Waals surface area contributed by atoms with Crippen LogP contribution in [0.3, 0.4) is 0 Å². The minimum Gasteiger partial charge on any atom is -0.468 e. The monoisotopic (exact) mass is 404 g/mol. The summed E-state index contributed by atoms with van der Waals surface area (Å²) >= 11 is 0. The molecule has 3 rings (SSSR count). The van der Waals surface area contributed by atoms with Gasteiger partial charge in [-0.15, -0.1) is 0 Å². The summed E-state index contributed by atoms with van der Waals surface area (Å²) in [6.45, 7) is 1.89. The van der Waals surface area contributed by atoms with E-state index in [0.717, 1.165) is 24.8 Å². The molecule has 0 bridgehead atoms. The fraction of sp³-hybridized carbons (Fsp3) is 0.368. The van der Waals surface area contributed by atoms with Gasteiger partial charge in [-0.25, -0.2) is 18.4 Å². The Morgan fingerprint density at radius 1 is 1.14 bits per heavy atom. The number of nitrogens with one attached hydrogen (secondary N) is 2. The van der Waals surface area contributed by atoms with E-state index >= 15 is 0 Å². The van der Waals surface area contributed by atoms with Crippen LogP contribution in [0.15, 0.2) is 47.6 Å². The number of hydrogen-bond acceptors (Lipinski definition) is 5. The molecule has 1 aromatic carbocycles. The van der Waals surface area contributed by atoms with Gasteiger partial charge in [-0.1, -0.05) is 6.42 Å². The summed E-state index contributed by atoms with van der Waals surface area (Å²) in [4.78, 5) is 16.6. The molecule has 0 spiro atoms. The van der Waals surface area contributed by atoms with Crippen LogP contribution >= 0.6 is 0 Å². The highest BCUT2D eigenvalue weighted by atomic mass is 32.2. The van der Waals surface area contributed by atoms with E-state index in [1.54, 1.807) is 24.5 Å². The van der Waals surface area contributed by atoms with Gasteiger partial charge in [0.1, 0.15) is 5.75 Å². The van der Waals surface area contributed by atoms with Gasteiger partial charge in [0.05, 0.1) is 16.8 Å². The topological polar surface area (TPSA) is 123 Å². The molecule has 0 unspecified atom stereocenters. The van der Waals surface area contributed by atoms with E-state index in [1.165, 1.54) is 12.1 Å². The molecule has 8 nitrogen and oxygen atoms in total. The number of carbonyl (C=O) groups is 1. The Morgan fingerprint density at radius 2 is 1.82 bits per heavy atom. The number of primary sulfonamides is 1. The smallest absolute Gasteiger partial charge is 0.322 e. The van der Waals surface area contributed by atoms with Crippen molar-refractivity contribution < 1.29 is 17.9 Å². The molecular weight excluding hydrogens is 380 g/mol. The Morgan fingerprint density at radius 3 is 2.43 bits per heavy atom. The first-order chi connectivity index (χ1) is 13.3. The maximum Gasteiger partial charge on any atom is 0.322 e. The third-order valence-corrected chi connectivity index (χ3v) is 5.68. The predicted octanol–water partition coefficient (Wildman–Crippen LogP) is 2.90. The lowest BCUT2D eigenvalue weighted by atomic mass is 9.91. The third kappa shape index (κ3) is 4.99. The Labute approximate surface area is 164 Å². The zero-order valence-electron chi connectivity index (χ0n) is 15.6. The third-order valence-electron chi connectivity index (χ3n) is 4.76. The van der Waals surface area contributed by atoms with E-state index < -0.39 is 15.7 Å². The largest absolute Gasteiger partial charge is 0.468 e. The Hall–Kier alpha value is -2.65. The van der Waals surface area contributed by atoms with Crippen LogP contribution in [0.5, 0.6) is 5.75 Å². The quantitative estimate of drug-likeness (QED) is 0.661. The fourth-order valence-corrected chi connectivity index (χ4v) is 3.77. The summed E-state index contributed by atoms with van der Waals surface area (Å²) in [7, 11) is -3.77. The Kier molecular flexibility index (Phi) is 5.85. The maximum atomic E-state index is 12.6. The Balaban J connectivity index is 1.75. The van der Waals surface area contributed by atoms with E-state index in [0.29, 0.717) is 24.3 Å². The number of anilines is 1. The van der Waals surface area contributed by atoms with Gasteiger partial charge in [-0.2, -0.15) is 0 Å². The summed E-state index contributed by atoms with van der Waals surface area (Å²) < 4.78 is 28.9. The van der Waals surface area contributed by atoms with E-state index in [2.05, 4.69) is 15.6 Å². The van der Waals surface area contributed by atoms with Gasteiger partial charge in [0.25, 0.3) is 0 Å². The first kappa shape index (κ1) is 20.1. The van der Waals surface area contributed by atoms with Gasteiger partial charge in [-0.05, 0) is 55.7 Å². The number of nitrogens with zero attached hydrogens (tertiary/aromatic N) is 1. The van der Waals surface area contributed by atoms with Gasteiger partial charge in [0.2, 0.25) is 10.0 Å². The number of rotatable bonds is 5. The summed E-state index contributed by atoms with van der Waals surface area (Å²) in [6, 6.07) is 7.30. The molecule has 1 aliphatic rings. The SMILES string of the molecule is Cc1ccncc1NC(=O)NC1(Oc2ccc(S(N)(=O)=O)cc2)CCCCC1. The van der Waals surface area contributed by atoms with Crippen molar-refractivity contribution in [3.63, 3.8) is 0 Å². The molecule has 0 atom stereocenters. The number of hydrogen-bond donors (Lipinski definition) is 3. The second kappa shape index (κ2) is 8.15. The normalized spacial score (nSPS) is 16.2. The lowest BCUT2D eigenvalue weighted by Gasteiger charge is -2.38. The fourth-order valence-electron chi connectivity index (χ4n) is 3.25. The number of carbonyl (C=O) groups excluding carboxylic acids is 1. The highest BCUT2D eigenvalue weighted by Crippen LogP contribution is 2.31. The average Bonchev–Trinajstić information content (AvgIpc) is 2.64. The molecule has 1 aliphatic carbocycles. The molecule has 2 aromatic rings. The number of ether oxygens (including phenoxy) is 1. The number of urea groups is 1. The second-order valence-electron chi connectivity index (χ2n) is 6.94. The van der Waals surface area contributed by atoms with Crippen molar-refractivity contribution in [2.75, 3.05) is 5.32 Å². The number of aryl methyl sites for hydroxylation is 1. The molecule has 0 radical (unpaired) electrons. The molecule has 0 saturated heterocycles.